The summed E-state index contributed by atoms with van der Waals surface area (Å²) < 4.78 is 18.2. The molecule has 5 rings (SSSR count). The number of fused-ring (bicyclic) bond motifs is 1. The van der Waals surface area contributed by atoms with E-state index in [4.69, 9.17) is 35.7 Å². The van der Waals surface area contributed by atoms with Crippen LogP contribution in [0.25, 0.3) is 28.1 Å². The van der Waals surface area contributed by atoms with E-state index >= 15 is 0 Å². The molecule has 0 amide bonds. The fourth-order valence-electron chi connectivity index (χ4n) is 3.69. The zero-order chi connectivity index (χ0) is 20.0. The molecule has 148 valence electrons. The summed E-state index contributed by atoms with van der Waals surface area (Å²) in [5.74, 6) is 0.658. The first-order chi connectivity index (χ1) is 14.1. The van der Waals surface area contributed by atoms with Crippen molar-refractivity contribution in [3.63, 3.8) is 0 Å². The Morgan fingerprint density at radius 2 is 2.17 bits per heavy atom. The fourth-order valence-corrected chi connectivity index (χ4v) is 3.84. The molecule has 1 fully saturated rings. The van der Waals surface area contributed by atoms with Crippen molar-refractivity contribution < 1.29 is 14.0 Å². The van der Waals surface area contributed by atoms with E-state index in [0.29, 0.717) is 35.6 Å². The smallest absolute Gasteiger partial charge is 0.154 e. The van der Waals surface area contributed by atoms with E-state index in [9.17, 15) is 0 Å². The molecule has 1 saturated heterocycles. The van der Waals surface area contributed by atoms with Gasteiger partial charge >= 0.3 is 0 Å². The maximum atomic E-state index is 6.18. The Balaban J connectivity index is 1.73. The van der Waals surface area contributed by atoms with Gasteiger partial charge in [-0.15, -0.1) is 0 Å². The van der Waals surface area contributed by atoms with E-state index in [1.165, 1.54) is 6.26 Å². The summed E-state index contributed by atoms with van der Waals surface area (Å²) in [4.78, 5) is 9.10. The molecule has 29 heavy (non-hydrogen) atoms. The van der Waals surface area contributed by atoms with Crippen LogP contribution >= 0.6 is 11.6 Å². The number of pyridine rings is 2. The third-order valence-electron chi connectivity index (χ3n) is 5.23. The Kier molecular flexibility index (Phi) is 4.34. The van der Waals surface area contributed by atoms with Crippen LogP contribution in [0.2, 0.25) is 5.15 Å². The van der Waals surface area contributed by atoms with E-state index in [2.05, 4.69) is 10.1 Å². The molecule has 0 spiro atoms. The zero-order valence-corrected chi connectivity index (χ0v) is 16.7. The normalized spacial score (nSPS) is 19.3. The lowest BCUT2D eigenvalue weighted by molar-refractivity contribution is -0.0246. The van der Waals surface area contributed by atoms with Crippen molar-refractivity contribution in [2.45, 2.75) is 18.9 Å². The maximum Gasteiger partial charge on any atom is 0.154 e. The first-order valence-corrected chi connectivity index (χ1v) is 9.55. The second-order valence-electron chi connectivity index (χ2n) is 7.06. The Morgan fingerprint density at radius 1 is 1.28 bits per heavy atom. The van der Waals surface area contributed by atoms with Gasteiger partial charge in [0.2, 0.25) is 0 Å². The highest BCUT2D eigenvalue weighted by atomic mass is 35.5. The van der Waals surface area contributed by atoms with E-state index in [1.54, 1.807) is 30.1 Å². The molecule has 0 aliphatic carbocycles. The van der Waals surface area contributed by atoms with Gasteiger partial charge in [-0.1, -0.05) is 16.8 Å². The van der Waals surface area contributed by atoms with E-state index in [1.807, 2.05) is 19.1 Å². The van der Waals surface area contributed by atoms with E-state index < -0.39 is 5.60 Å². The topological polar surface area (TPSA) is 88.1 Å². The van der Waals surface area contributed by atoms with Gasteiger partial charge in [-0.25, -0.2) is 14.6 Å². The molecule has 0 radical (unpaired) electrons. The highest BCUT2D eigenvalue weighted by molar-refractivity contribution is 6.30. The SMILES string of the molecule is CO[C@@]1(c2cc(C)cc(-n3nc(-c4ccon4)c4cnc(Cl)cc43)n2)CCOC1. The molecule has 1 aliphatic rings. The van der Waals surface area contributed by atoms with Crippen molar-refractivity contribution in [3.8, 4) is 17.2 Å². The summed E-state index contributed by atoms with van der Waals surface area (Å²) in [5, 5.41) is 9.96. The van der Waals surface area contributed by atoms with Crippen molar-refractivity contribution in [3.05, 3.63) is 53.1 Å². The van der Waals surface area contributed by atoms with Crippen LogP contribution in [-0.4, -0.2) is 45.2 Å². The maximum absolute atomic E-state index is 6.18. The van der Waals surface area contributed by atoms with Gasteiger partial charge in [0.1, 0.15) is 28.4 Å². The molecule has 9 heteroatoms. The van der Waals surface area contributed by atoms with Crippen molar-refractivity contribution in [1.82, 2.24) is 24.9 Å². The zero-order valence-electron chi connectivity index (χ0n) is 15.9. The number of hydrogen-bond donors (Lipinski definition) is 0. The third-order valence-corrected chi connectivity index (χ3v) is 5.44. The third kappa shape index (κ3) is 3.00. The molecule has 1 aliphatic heterocycles. The average molecular weight is 412 g/mol. The van der Waals surface area contributed by atoms with Crippen LogP contribution in [0.4, 0.5) is 0 Å². The molecule has 0 unspecified atom stereocenters. The van der Waals surface area contributed by atoms with Crippen molar-refractivity contribution in [1.29, 1.82) is 0 Å². The highest BCUT2D eigenvalue weighted by Crippen LogP contribution is 2.35. The average Bonchev–Trinajstić information content (AvgIpc) is 3.46. The molecular weight excluding hydrogens is 394 g/mol. The molecule has 0 N–H and O–H groups in total. The van der Waals surface area contributed by atoms with Gasteiger partial charge in [0.15, 0.2) is 5.82 Å². The number of aryl methyl sites for hydroxylation is 1. The van der Waals surface area contributed by atoms with Gasteiger partial charge in [0.25, 0.3) is 0 Å². The monoisotopic (exact) mass is 411 g/mol. The summed E-state index contributed by atoms with van der Waals surface area (Å²) in [6.07, 6.45) is 3.94. The van der Waals surface area contributed by atoms with Gasteiger partial charge in [0.05, 0.1) is 17.8 Å². The molecule has 0 saturated carbocycles. The molecule has 0 bridgehead atoms. The molecular formula is C20H18ClN5O3. The van der Waals surface area contributed by atoms with Crippen molar-refractivity contribution >= 4 is 22.5 Å². The first kappa shape index (κ1) is 18.2. The summed E-state index contributed by atoms with van der Waals surface area (Å²) >= 11 is 6.18. The Hall–Kier alpha value is -2.81. The van der Waals surface area contributed by atoms with Gasteiger partial charge in [-0.2, -0.15) is 5.10 Å². The number of halogens is 1. The van der Waals surface area contributed by atoms with Crippen LogP contribution in [0.1, 0.15) is 17.7 Å². The molecule has 1 atom stereocenters. The van der Waals surface area contributed by atoms with Gasteiger partial charge in [0, 0.05) is 43.9 Å². The molecule has 4 aromatic rings. The quantitative estimate of drug-likeness (QED) is 0.473. The second kappa shape index (κ2) is 6.91. The second-order valence-corrected chi connectivity index (χ2v) is 7.45. The van der Waals surface area contributed by atoms with Crippen LogP contribution in [0.3, 0.4) is 0 Å². The summed E-state index contributed by atoms with van der Waals surface area (Å²) in [6, 6.07) is 7.52. The number of hydrogen-bond acceptors (Lipinski definition) is 7. The minimum Gasteiger partial charge on any atom is -0.378 e. The summed E-state index contributed by atoms with van der Waals surface area (Å²) in [6.45, 7) is 3.13. The standard InChI is InChI=1S/C20H18ClN5O3/c1-12-7-16(20(27-2)4-6-28-11-20)23-18(8-12)26-15-9-17(21)22-10-13(15)19(24-26)14-3-5-29-25-14/h3,5,7-10H,4,6,11H2,1-2H3/t20-/m0/s1. The van der Waals surface area contributed by atoms with Gasteiger partial charge in [-0.05, 0) is 24.6 Å². The van der Waals surface area contributed by atoms with Crippen LogP contribution in [0, 0.1) is 6.92 Å². The molecule has 5 heterocycles. The van der Waals surface area contributed by atoms with Crippen LogP contribution in [0.15, 0.2) is 41.2 Å². The molecule has 8 nitrogen and oxygen atoms in total. The van der Waals surface area contributed by atoms with E-state index in [-0.39, 0.29) is 0 Å². The molecule has 4 aromatic heterocycles. The lowest BCUT2D eigenvalue weighted by Gasteiger charge is -2.26. The van der Waals surface area contributed by atoms with E-state index in [0.717, 1.165) is 28.6 Å². The number of aromatic nitrogens is 5. The fraction of sp³-hybridized carbons (Fsp3) is 0.300. The van der Waals surface area contributed by atoms with Gasteiger partial charge < -0.3 is 14.0 Å². The number of ether oxygens (including phenoxy) is 2. The highest BCUT2D eigenvalue weighted by Gasteiger charge is 2.38. The van der Waals surface area contributed by atoms with Gasteiger partial charge in [-0.3, -0.25) is 0 Å². The largest absolute Gasteiger partial charge is 0.378 e. The Morgan fingerprint density at radius 3 is 2.90 bits per heavy atom. The Labute approximate surface area is 171 Å². The summed E-state index contributed by atoms with van der Waals surface area (Å²) in [5.41, 5.74) is 3.34. The minimum atomic E-state index is -0.558. The lowest BCUT2D eigenvalue weighted by atomic mass is 9.97. The number of nitrogens with zero attached hydrogens (tertiary/aromatic N) is 5. The van der Waals surface area contributed by atoms with Crippen molar-refractivity contribution in [2.75, 3.05) is 20.3 Å². The predicted molar refractivity (Wildman–Crippen MR) is 106 cm³/mol. The molecule has 0 aromatic carbocycles. The van der Waals surface area contributed by atoms with Crippen LogP contribution < -0.4 is 0 Å². The van der Waals surface area contributed by atoms with Crippen LogP contribution in [-0.2, 0) is 15.1 Å². The van der Waals surface area contributed by atoms with Crippen molar-refractivity contribution in [2.24, 2.45) is 0 Å². The van der Waals surface area contributed by atoms with Crippen LogP contribution in [0.5, 0.6) is 0 Å². The predicted octanol–water partition coefficient (Wildman–Crippen LogP) is 3.69. The lowest BCUT2D eigenvalue weighted by Crippen LogP contribution is -2.30. The number of methoxy groups -OCH3 is 1. The number of rotatable bonds is 4. The summed E-state index contributed by atoms with van der Waals surface area (Å²) in [7, 11) is 1.69. The Bertz CT molecular complexity index is 1180. The first-order valence-electron chi connectivity index (χ1n) is 9.17. The minimum absolute atomic E-state index is 0.371.